The molecule has 1 heterocycles. The van der Waals surface area contributed by atoms with E-state index in [2.05, 4.69) is 4.72 Å². The molecule has 3 rings (SSSR count). The number of morpholine rings is 1. The number of sulfonamides is 1. The summed E-state index contributed by atoms with van der Waals surface area (Å²) in [6, 6.07) is 11.0. The van der Waals surface area contributed by atoms with Gasteiger partial charge >= 0.3 is 0 Å². The highest BCUT2D eigenvalue weighted by molar-refractivity contribution is 7.89. The van der Waals surface area contributed by atoms with Gasteiger partial charge in [-0.2, -0.15) is 0 Å². The van der Waals surface area contributed by atoms with E-state index in [-0.39, 0.29) is 16.4 Å². The Morgan fingerprint density at radius 2 is 1.73 bits per heavy atom. The minimum Gasteiger partial charge on any atom is -0.497 e. The molecule has 1 aliphatic rings. The van der Waals surface area contributed by atoms with Gasteiger partial charge in [-0.25, -0.2) is 13.1 Å². The van der Waals surface area contributed by atoms with Crippen LogP contribution >= 0.6 is 0 Å². The lowest BCUT2D eigenvalue weighted by molar-refractivity contribution is 0.0300. The molecular weight excluding hydrogens is 408 g/mol. The van der Waals surface area contributed by atoms with Crippen LogP contribution in [0.1, 0.15) is 28.9 Å². The highest BCUT2D eigenvalue weighted by Crippen LogP contribution is 2.26. The Balaban J connectivity index is 1.84. The van der Waals surface area contributed by atoms with Crippen LogP contribution in [0.15, 0.2) is 47.4 Å². The number of hydrogen-bond donors (Lipinski definition) is 1. The summed E-state index contributed by atoms with van der Waals surface area (Å²) in [6.07, 6.45) is 0. The predicted molar refractivity (Wildman–Crippen MR) is 111 cm³/mol. The molecule has 0 radical (unpaired) electrons. The van der Waals surface area contributed by atoms with Crippen molar-refractivity contribution in [2.75, 3.05) is 40.5 Å². The maximum Gasteiger partial charge on any atom is 0.257 e. The Bertz CT molecular complexity index is 985. The third-order valence-corrected chi connectivity index (χ3v) is 6.50. The fraction of sp³-hybridized carbons (Fsp3) is 0.381. The van der Waals surface area contributed by atoms with Gasteiger partial charge in [-0.05, 0) is 42.8 Å². The third kappa shape index (κ3) is 4.92. The normalized spacial score (nSPS) is 15.5. The summed E-state index contributed by atoms with van der Waals surface area (Å²) in [5.74, 6) is 0.735. The van der Waals surface area contributed by atoms with Crippen LogP contribution in [0.5, 0.6) is 11.5 Å². The van der Waals surface area contributed by atoms with Crippen molar-refractivity contribution in [3.05, 3.63) is 53.6 Å². The van der Waals surface area contributed by atoms with Crippen LogP contribution in [-0.4, -0.2) is 59.7 Å². The molecule has 0 bridgehead atoms. The summed E-state index contributed by atoms with van der Waals surface area (Å²) in [5, 5.41) is 0. The molecule has 8 nitrogen and oxygen atoms in total. The number of hydrogen-bond acceptors (Lipinski definition) is 6. The number of amides is 1. The molecular formula is C21H26N2O6S. The molecule has 1 fully saturated rings. The number of nitrogens with one attached hydrogen (secondary N) is 1. The van der Waals surface area contributed by atoms with Crippen molar-refractivity contribution in [3.63, 3.8) is 0 Å². The molecule has 1 N–H and O–H groups in total. The van der Waals surface area contributed by atoms with Crippen molar-refractivity contribution in [3.8, 4) is 11.5 Å². The second-order valence-corrected chi connectivity index (χ2v) is 8.60. The van der Waals surface area contributed by atoms with E-state index < -0.39 is 16.1 Å². The molecule has 0 unspecified atom stereocenters. The lowest BCUT2D eigenvalue weighted by atomic mass is 10.1. The first-order chi connectivity index (χ1) is 14.4. The van der Waals surface area contributed by atoms with Crippen LogP contribution in [0.4, 0.5) is 0 Å². The first-order valence-electron chi connectivity index (χ1n) is 9.57. The van der Waals surface area contributed by atoms with E-state index >= 15 is 0 Å². The number of carbonyl (C=O) groups is 1. The standard InChI is InChI=1S/C21H26N2O6S/c1-15(16-4-6-17(27-2)7-5-16)22-30(25,26)18-8-9-20(28-3)19(14-18)21(24)23-10-12-29-13-11-23/h4-9,14-15,22H,10-13H2,1-3H3/t15-/m1/s1. The molecule has 0 saturated carbocycles. The summed E-state index contributed by atoms with van der Waals surface area (Å²) in [7, 11) is -0.849. The highest BCUT2D eigenvalue weighted by atomic mass is 32.2. The SMILES string of the molecule is COc1ccc([C@@H](C)NS(=O)(=O)c2ccc(OC)c(C(=O)N3CCOCC3)c2)cc1. The van der Waals surface area contributed by atoms with E-state index in [0.717, 1.165) is 5.56 Å². The predicted octanol–water partition coefficient (Wildman–Crippen LogP) is 2.22. The largest absolute Gasteiger partial charge is 0.497 e. The van der Waals surface area contributed by atoms with Crippen LogP contribution in [0.2, 0.25) is 0 Å². The van der Waals surface area contributed by atoms with Gasteiger partial charge in [0.15, 0.2) is 0 Å². The van der Waals surface area contributed by atoms with Crippen molar-refractivity contribution in [2.24, 2.45) is 0 Å². The van der Waals surface area contributed by atoms with E-state index in [1.807, 2.05) is 0 Å². The molecule has 162 valence electrons. The summed E-state index contributed by atoms with van der Waals surface area (Å²) in [5.41, 5.74) is 0.997. The topological polar surface area (TPSA) is 94.2 Å². The number of benzene rings is 2. The first-order valence-corrected chi connectivity index (χ1v) is 11.1. The van der Waals surface area contributed by atoms with Gasteiger partial charge in [0.05, 0.1) is 37.9 Å². The monoisotopic (exact) mass is 434 g/mol. The average Bonchev–Trinajstić information content (AvgIpc) is 2.78. The minimum absolute atomic E-state index is 0.000251. The second kappa shape index (κ2) is 9.46. The average molecular weight is 435 g/mol. The molecule has 0 spiro atoms. The lowest BCUT2D eigenvalue weighted by Crippen LogP contribution is -2.40. The minimum atomic E-state index is -3.87. The molecule has 9 heteroatoms. The maximum atomic E-state index is 13.0. The second-order valence-electron chi connectivity index (χ2n) is 6.88. The smallest absolute Gasteiger partial charge is 0.257 e. The molecule has 2 aromatic rings. The molecule has 1 aliphatic heterocycles. The van der Waals surface area contributed by atoms with Crippen molar-refractivity contribution >= 4 is 15.9 Å². The van der Waals surface area contributed by atoms with E-state index in [4.69, 9.17) is 14.2 Å². The van der Waals surface area contributed by atoms with Gasteiger partial charge in [-0.15, -0.1) is 0 Å². The summed E-state index contributed by atoms with van der Waals surface area (Å²) < 4.78 is 44.3. The van der Waals surface area contributed by atoms with Crippen molar-refractivity contribution in [1.29, 1.82) is 0 Å². The molecule has 1 atom stereocenters. The molecule has 1 saturated heterocycles. The Hall–Kier alpha value is -2.62. The van der Waals surface area contributed by atoms with E-state index in [0.29, 0.717) is 37.8 Å². The Labute approximate surface area is 176 Å². The summed E-state index contributed by atoms with van der Waals surface area (Å²) in [6.45, 7) is 3.56. The Morgan fingerprint density at radius 3 is 2.33 bits per heavy atom. The van der Waals surface area contributed by atoms with Gasteiger partial charge in [0, 0.05) is 19.1 Å². The van der Waals surface area contributed by atoms with Gasteiger partial charge in [0.1, 0.15) is 11.5 Å². The fourth-order valence-corrected chi connectivity index (χ4v) is 4.48. The lowest BCUT2D eigenvalue weighted by Gasteiger charge is -2.27. The van der Waals surface area contributed by atoms with Gasteiger partial charge in [-0.3, -0.25) is 4.79 Å². The summed E-state index contributed by atoms with van der Waals surface area (Å²) >= 11 is 0. The molecule has 30 heavy (non-hydrogen) atoms. The fourth-order valence-electron chi connectivity index (χ4n) is 3.22. The van der Waals surface area contributed by atoms with Crippen LogP contribution in [0.3, 0.4) is 0 Å². The maximum absolute atomic E-state index is 13.0. The van der Waals surface area contributed by atoms with E-state index in [1.165, 1.54) is 25.3 Å². The number of nitrogens with zero attached hydrogens (tertiary/aromatic N) is 1. The molecule has 1 amide bonds. The zero-order valence-electron chi connectivity index (χ0n) is 17.3. The van der Waals surface area contributed by atoms with Crippen LogP contribution in [0, 0.1) is 0 Å². The number of carbonyl (C=O) groups excluding carboxylic acids is 1. The van der Waals surface area contributed by atoms with Crippen molar-refractivity contribution < 1.29 is 27.4 Å². The zero-order chi connectivity index (χ0) is 21.7. The van der Waals surface area contributed by atoms with Gasteiger partial charge in [-0.1, -0.05) is 12.1 Å². The quantitative estimate of drug-likeness (QED) is 0.718. The molecule has 2 aromatic carbocycles. The molecule has 0 aromatic heterocycles. The Morgan fingerprint density at radius 1 is 1.07 bits per heavy atom. The number of ether oxygens (including phenoxy) is 3. The van der Waals surface area contributed by atoms with Gasteiger partial charge in [0.25, 0.3) is 5.91 Å². The van der Waals surface area contributed by atoms with Crippen LogP contribution < -0.4 is 14.2 Å². The third-order valence-electron chi connectivity index (χ3n) is 4.96. The zero-order valence-corrected chi connectivity index (χ0v) is 18.1. The Kier molecular flexibility index (Phi) is 6.96. The van der Waals surface area contributed by atoms with Crippen molar-refractivity contribution in [2.45, 2.75) is 17.9 Å². The first kappa shape index (κ1) is 22.1. The van der Waals surface area contributed by atoms with Gasteiger partial charge in [0.2, 0.25) is 10.0 Å². The van der Waals surface area contributed by atoms with Crippen LogP contribution in [-0.2, 0) is 14.8 Å². The number of methoxy groups -OCH3 is 2. The van der Waals surface area contributed by atoms with Crippen LogP contribution in [0.25, 0.3) is 0 Å². The summed E-state index contributed by atoms with van der Waals surface area (Å²) in [4.78, 5) is 14.6. The van der Waals surface area contributed by atoms with Crippen molar-refractivity contribution in [1.82, 2.24) is 9.62 Å². The number of rotatable bonds is 7. The highest BCUT2D eigenvalue weighted by Gasteiger charge is 2.25. The molecule has 0 aliphatic carbocycles. The van der Waals surface area contributed by atoms with E-state index in [9.17, 15) is 13.2 Å². The van der Waals surface area contributed by atoms with E-state index in [1.54, 1.807) is 43.2 Å². The van der Waals surface area contributed by atoms with Gasteiger partial charge < -0.3 is 19.1 Å².